The number of rotatable bonds is 7. The van der Waals surface area contributed by atoms with Crippen LogP contribution in [0.3, 0.4) is 0 Å². The first kappa shape index (κ1) is 19.7. The van der Waals surface area contributed by atoms with Gasteiger partial charge in [0.15, 0.2) is 0 Å². The number of nitrogens with zero attached hydrogens (tertiary/aromatic N) is 2. The van der Waals surface area contributed by atoms with Crippen LogP contribution < -0.4 is 5.32 Å². The molecule has 5 nitrogen and oxygen atoms in total. The van der Waals surface area contributed by atoms with Crippen molar-refractivity contribution in [2.75, 3.05) is 45.9 Å². The summed E-state index contributed by atoms with van der Waals surface area (Å²) in [5.41, 5.74) is 0. The number of nitrogens with one attached hydrogen (secondary N) is 1. The van der Waals surface area contributed by atoms with E-state index in [2.05, 4.69) is 27.3 Å². The van der Waals surface area contributed by atoms with E-state index in [1.807, 2.05) is 0 Å². The summed E-state index contributed by atoms with van der Waals surface area (Å²) in [6, 6.07) is 0.567. The first-order valence-corrected chi connectivity index (χ1v) is 10.8. The van der Waals surface area contributed by atoms with Gasteiger partial charge in [-0.1, -0.05) is 31.4 Å². The number of allylic oxidation sites excluding steroid dienone is 2. The van der Waals surface area contributed by atoms with Gasteiger partial charge in [0, 0.05) is 38.8 Å². The smallest absolute Gasteiger partial charge is 0.317 e. The van der Waals surface area contributed by atoms with Crippen LogP contribution >= 0.6 is 0 Å². The van der Waals surface area contributed by atoms with E-state index in [9.17, 15) is 4.79 Å². The summed E-state index contributed by atoms with van der Waals surface area (Å²) in [4.78, 5) is 17.5. The molecule has 2 aliphatic carbocycles. The van der Waals surface area contributed by atoms with Crippen LogP contribution in [0.25, 0.3) is 0 Å². The second kappa shape index (κ2) is 10.9. The lowest BCUT2D eigenvalue weighted by molar-refractivity contribution is 0.0363. The maximum atomic E-state index is 12.9. The summed E-state index contributed by atoms with van der Waals surface area (Å²) in [5.74, 6) is 0.625. The van der Waals surface area contributed by atoms with E-state index in [0.29, 0.717) is 12.0 Å². The van der Waals surface area contributed by atoms with Gasteiger partial charge in [-0.05, 0) is 44.4 Å². The Morgan fingerprint density at radius 2 is 1.92 bits per heavy atom. The molecule has 1 atom stereocenters. The van der Waals surface area contributed by atoms with Crippen molar-refractivity contribution in [1.29, 1.82) is 0 Å². The molecular weight excluding hydrogens is 326 g/mol. The SMILES string of the molecule is O=C(NC1CCCCC1)N(CCCN1CCOCC1)CC1CC=CCC1. The predicted molar refractivity (Wildman–Crippen MR) is 105 cm³/mol. The Labute approximate surface area is 159 Å². The summed E-state index contributed by atoms with van der Waals surface area (Å²) in [6.07, 6.45) is 15.3. The van der Waals surface area contributed by atoms with Crippen LogP contribution in [0.2, 0.25) is 0 Å². The topological polar surface area (TPSA) is 44.8 Å². The summed E-state index contributed by atoms with van der Waals surface area (Å²) in [5, 5.41) is 3.33. The number of urea groups is 1. The summed E-state index contributed by atoms with van der Waals surface area (Å²) in [7, 11) is 0. The molecule has 0 bridgehead atoms. The third-order valence-electron chi connectivity index (χ3n) is 6.08. The van der Waals surface area contributed by atoms with Gasteiger partial charge in [0.1, 0.15) is 0 Å². The zero-order valence-electron chi connectivity index (χ0n) is 16.3. The van der Waals surface area contributed by atoms with E-state index in [0.717, 1.165) is 78.0 Å². The number of carbonyl (C=O) groups is 1. The van der Waals surface area contributed by atoms with E-state index < -0.39 is 0 Å². The number of morpholine rings is 1. The molecule has 1 saturated carbocycles. The van der Waals surface area contributed by atoms with E-state index >= 15 is 0 Å². The van der Waals surface area contributed by atoms with Crippen molar-refractivity contribution < 1.29 is 9.53 Å². The zero-order valence-corrected chi connectivity index (χ0v) is 16.3. The lowest BCUT2D eigenvalue weighted by Gasteiger charge is -2.32. The van der Waals surface area contributed by atoms with Gasteiger partial charge in [-0.25, -0.2) is 4.79 Å². The molecule has 0 spiro atoms. The minimum Gasteiger partial charge on any atom is -0.379 e. The summed E-state index contributed by atoms with van der Waals surface area (Å²) in [6.45, 7) is 6.60. The molecule has 2 amide bonds. The number of hydrogen-bond donors (Lipinski definition) is 1. The van der Waals surface area contributed by atoms with Crippen LogP contribution in [0, 0.1) is 5.92 Å². The number of ether oxygens (including phenoxy) is 1. The normalized spacial score (nSPS) is 25.2. The standard InChI is InChI=1S/C21H37N3O2/c25-21(22-20-10-5-2-6-11-20)24(18-19-8-3-1-4-9-19)13-7-12-23-14-16-26-17-15-23/h1,3,19-20H,2,4-18H2,(H,22,25). The average Bonchev–Trinajstić information content (AvgIpc) is 2.69. The summed E-state index contributed by atoms with van der Waals surface area (Å²) < 4.78 is 5.43. The van der Waals surface area contributed by atoms with Gasteiger partial charge in [-0.2, -0.15) is 0 Å². The van der Waals surface area contributed by atoms with Gasteiger partial charge in [0.2, 0.25) is 0 Å². The van der Waals surface area contributed by atoms with E-state index in [4.69, 9.17) is 4.74 Å². The molecule has 1 saturated heterocycles. The Balaban J connectivity index is 1.47. The Morgan fingerprint density at radius 3 is 2.65 bits per heavy atom. The second-order valence-electron chi connectivity index (χ2n) is 8.19. The molecule has 148 valence electrons. The molecule has 3 rings (SSSR count). The van der Waals surface area contributed by atoms with Crippen LogP contribution in [0.1, 0.15) is 57.8 Å². The average molecular weight is 364 g/mol. The second-order valence-corrected chi connectivity index (χ2v) is 8.19. The number of amides is 2. The van der Waals surface area contributed by atoms with Gasteiger partial charge in [0.25, 0.3) is 0 Å². The molecule has 26 heavy (non-hydrogen) atoms. The molecule has 0 aromatic carbocycles. The lowest BCUT2D eigenvalue weighted by Crippen LogP contribution is -2.48. The Hall–Kier alpha value is -1.07. The van der Waals surface area contributed by atoms with Crippen molar-refractivity contribution in [2.45, 2.75) is 63.8 Å². The van der Waals surface area contributed by atoms with Crippen molar-refractivity contribution in [3.05, 3.63) is 12.2 Å². The molecule has 0 aromatic rings. The van der Waals surface area contributed by atoms with Crippen molar-refractivity contribution in [2.24, 2.45) is 5.92 Å². The molecule has 5 heteroatoms. The number of hydrogen-bond acceptors (Lipinski definition) is 3. The van der Waals surface area contributed by atoms with Crippen LogP contribution in [-0.4, -0.2) is 67.8 Å². The minimum absolute atomic E-state index is 0.174. The highest BCUT2D eigenvalue weighted by molar-refractivity contribution is 5.74. The molecule has 2 fully saturated rings. The van der Waals surface area contributed by atoms with Crippen molar-refractivity contribution in [1.82, 2.24) is 15.1 Å². The molecule has 0 aromatic heterocycles. The Bertz CT molecular complexity index is 443. The Kier molecular flexibility index (Phi) is 8.27. The monoisotopic (exact) mass is 363 g/mol. The Morgan fingerprint density at radius 1 is 1.12 bits per heavy atom. The highest BCUT2D eigenvalue weighted by Gasteiger charge is 2.23. The maximum Gasteiger partial charge on any atom is 0.317 e. The van der Waals surface area contributed by atoms with E-state index in [1.54, 1.807) is 0 Å². The van der Waals surface area contributed by atoms with Crippen LogP contribution in [-0.2, 0) is 4.74 Å². The zero-order chi connectivity index (χ0) is 18.0. The van der Waals surface area contributed by atoms with Gasteiger partial charge < -0.3 is 15.0 Å². The summed E-state index contributed by atoms with van der Waals surface area (Å²) >= 11 is 0. The largest absolute Gasteiger partial charge is 0.379 e. The fraction of sp³-hybridized carbons (Fsp3) is 0.857. The molecule has 1 heterocycles. The highest BCUT2D eigenvalue weighted by Crippen LogP contribution is 2.21. The van der Waals surface area contributed by atoms with Gasteiger partial charge in [0.05, 0.1) is 13.2 Å². The first-order valence-electron chi connectivity index (χ1n) is 10.8. The molecule has 3 aliphatic rings. The quantitative estimate of drug-likeness (QED) is 0.705. The molecule has 1 unspecified atom stereocenters. The van der Waals surface area contributed by atoms with Crippen LogP contribution in [0.4, 0.5) is 4.79 Å². The third-order valence-corrected chi connectivity index (χ3v) is 6.08. The van der Waals surface area contributed by atoms with Crippen LogP contribution in [0.5, 0.6) is 0 Å². The fourth-order valence-corrected chi connectivity index (χ4v) is 4.43. The van der Waals surface area contributed by atoms with Crippen molar-refractivity contribution in [3.63, 3.8) is 0 Å². The number of carbonyl (C=O) groups excluding carboxylic acids is 1. The minimum atomic E-state index is 0.174. The van der Waals surface area contributed by atoms with Crippen molar-refractivity contribution >= 4 is 6.03 Å². The first-order chi connectivity index (χ1) is 12.8. The molecule has 1 N–H and O–H groups in total. The van der Waals surface area contributed by atoms with E-state index in [-0.39, 0.29) is 6.03 Å². The lowest BCUT2D eigenvalue weighted by atomic mass is 9.93. The maximum absolute atomic E-state index is 12.9. The predicted octanol–water partition coefficient (Wildman–Crippen LogP) is 3.41. The highest BCUT2D eigenvalue weighted by atomic mass is 16.5. The van der Waals surface area contributed by atoms with Crippen molar-refractivity contribution in [3.8, 4) is 0 Å². The van der Waals surface area contributed by atoms with Gasteiger partial charge in [-0.3, -0.25) is 4.90 Å². The van der Waals surface area contributed by atoms with Gasteiger partial charge in [-0.15, -0.1) is 0 Å². The fourth-order valence-electron chi connectivity index (χ4n) is 4.43. The molecule has 0 radical (unpaired) electrons. The third kappa shape index (κ3) is 6.58. The molecule has 1 aliphatic heterocycles. The van der Waals surface area contributed by atoms with Crippen LogP contribution in [0.15, 0.2) is 12.2 Å². The van der Waals surface area contributed by atoms with Gasteiger partial charge >= 0.3 is 6.03 Å². The van der Waals surface area contributed by atoms with E-state index in [1.165, 1.54) is 25.7 Å². The molecular formula is C21H37N3O2.